The predicted molar refractivity (Wildman–Crippen MR) is 74.8 cm³/mol. The van der Waals surface area contributed by atoms with Crippen LogP contribution in [0.25, 0.3) is 0 Å². The highest BCUT2D eigenvalue weighted by atomic mass is 35.5. The summed E-state index contributed by atoms with van der Waals surface area (Å²) in [5, 5.41) is 0.843. The molecule has 1 aliphatic heterocycles. The molecule has 1 atom stereocenters. The number of carbonyl (C=O) groups excluding carboxylic acids is 1. The molecule has 1 aromatic rings. The third-order valence-corrected chi connectivity index (χ3v) is 3.83. The summed E-state index contributed by atoms with van der Waals surface area (Å²) in [4.78, 5) is 22.4. The summed E-state index contributed by atoms with van der Waals surface area (Å²) >= 11 is 7.41. The van der Waals surface area contributed by atoms with Crippen molar-refractivity contribution in [2.45, 2.75) is 24.6 Å². The Kier molecular flexibility index (Phi) is 5.01. The fraction of sp³-hybridized carbons (Fsp3) is 0.583. The summed E-state index contributed by atoms with van der Waals surface area (Å²) in [5.74, 6) is -0.149. The highest BCUT2D eigenvalue weighted by Crippen LogP contribution is 2.19. The molecule has 0 unspecified atom stereocenters. The number of hydrogen-bond acceptors (Lipinski definition) is 5. The van der Waals surface area contributed by atoms with Crippen LogP contribution >= 0.6 is 23.4 Å². The number of carbonyl (C=O) groups is 1. The molecular weight excluding hydrogens is 286 g/mol. The molecule has 1 aliphatic rings. The third-order valence-electron chi connectivity index (χ3n) is 2.99. The second-order valence-electron chi connectivity index (χ2n) is 4.21. The maximum Gasteiger partial charge on any atom is 0.274 e. The molecule has 0 aromatic carbocycles. The van der Waals surface area contributed by atoms with E-state index in [1.165, 1.54) is 18.0 Å². The number of rotatable bonds is 3. The molecule has 1 fully saturated rings. The van der Waals surface area contributed by atoms with Crippen LogP contribution < -0.4 is 0 Å². The van der Waals surface area contributed by atoms with Gasteiger partial charge in [0, 0.05) is 13.1 Å². The minimum absolute atomic E-state index is 0.0957. The number of morpholine rings is 1. The van der Waals surface area contributed by atoms with Crippen LogP contribution in [0.4, 0.5) is 0 Å². The van der Waals surface area contributed by atoms with Gasteiger partial charge in [-0.2, -0.15) is 0 Å². The van der Waals surface area contributed by atoms with Crippen LogP contribution in [-0.2, 0) is 4.74 Å². The molecule has 1 aromatic heterocycles. The Hall–Kier alpha value is -0.850. The van der Waals surface area contributed by atoms with Gasteiger partial charge < -0.3 is 9.64 Å². The summed E-state index contributed by atoms with van der Waals surface area (Å²) in [5.41, 5.74) is 0.276. The van der Waals surface area contributed by atoms with Gasteiger partial charge in [0.2, 0.25) is 0 Å². The predicted octanol–water partition coefficient (Wildman–Crippen LogP) is 2.10. The largest absolute Gasteiger partial charge is 0.375 e. The lowest BCUT2D eigenvalue weighted by Crippen LogP contribution is -2.45. The third kappa shape index (κ3) is 3.38. The first-order valence-electron chi connectivity index (χ1n) is 6.13. The van der Waals surface area contributed by atoms with E-state index in [1.54, 1.807) is 4.90 Å². The molecule has 104 valence electrons. The number of ether oxygens (including phenoxy) is 1. The molecule has 19 heavy (non-hydrogen) atoms. The molecule has 2 heterocycles. The average molecular weight is 302 g/mol. The second-order valence-corrected chi connectivity index (χ2v) is 5.39. The van der Waals surface area contributed by atoms with Crippen LogP contribution in [-0.4, -0.2) is 52.8 Å². The summed E-state index contributed by atoms with van der Waals surface area (Å²) in [6.07, 6.45) is 4.32. The van der Waals surface area contributed by atoms with E-state index in [0.717, 1.165) is 6.42 Å². The van der Waals surface area contributed by atoms with Crippen molar-refractivity contribution >= 4 is 29.3 Å². The van der Waals surface area contributed by atoms with Crippen LogP contribution in [0.1, 0.15) is 23.8 Å². The SMILES string of the molecule is CC[C@@H]1CN(C(=O)c2nc(SC)ncc2Cl)CCO1. The molecule has 0 N–H and O–H groups in total. The summed E-state index contributed by atoms with van der Waals surface area (Å²) in [6.45, 7) is 3.76. The first kappa shape index (κ1) is 14.6. The van der Waals surface area contributed by atoms with Gasteiger partial charge in [0.1, 0.15) is 0 Å². The van der Waals surface area contributed by atoms with Crippen molar-refractivity contribution in [2.24, 2.45) is 0 Å². The lowest BCUT2D eigenvalue weighted by atomic mass is 10.2. The van der Waals surface area contributed by atoms with Gasteiger partial charge in [-0.25, -0.2) is 9.97 Å². The zero-order chi connectivity index (χ0) is 13.8. The van der Waals surface area contributed by atoms with E-state index in [0.29, 0.717) is 29.9 Å². The number of halogens is 1. The molecular formula is C12H16ClN3O2S. The second kappa shape index (κ2) is 6.54. The first-order chi connectivity index (χ1) is 9.15. The standard InChI is InChI=1S/C12H16ClN3O2S/c1-3-8-7-16(4-5-18-8)11(17)10-9(13)6-14-12(15-10)19-2/h6,8H,3-5,7H2,1-2H3/t8-/m1/s1. The molecule has 0 bridgehead atoms. The van der Waals surface area contributed by atoms with Crippen LogP contribution in [0.15, 0.2) is 11.4 Å². The maximum absolute atomic E-state index is 12.4. The van der Waals surface area contributed by atoms with E-state index in [2.05, 4.69) is 9.97 Å². The van der Waals surface area contributed by atoms with Gasteiger partial charge in [0.15, 0.2) is 10.9 Å². The maximum atomic E-state index is 12.4. The van der Waals surface area contributed by atoms with Crippen LogP contribution in [0.5, 0.6) is 0 Å². The highest BCUT2D eigenvalue weighted by molar-refractivity contribution is 7.98. The highest BCUT2D eigenvalue weighted by Gasteiger charge is 2.26. The van der Waals surface area contributed by atoms with E-state index >= 15 is 0 Å². The van der Waals surface area contributed by atoms with E-state index < -0.39 is 0 Å². The zero-order valence-corrected chi connectivity index (χ0v) is 12.5. The smallest absolute Gasteiger partial charge is 0.274 e. The number of nitrogens with zero attached hydrogens (tertiary/aromatic N) is 3. The van der Waals surface area contributed by atoms with Crippen molar-refractivity contribution in [3.63, 3.8) is 0 Å². The Bertz CT molecular complexity index is 472. The lowest BCUT2D eigenvalue weighted by molar-refractivity contribution is -0.0228. The Morgan fingerprint density at radius 3 is 3.16 bits per heavy atom. The topological polar surface area (TPSA) is 55.3 Å². The fourth-order valence-electron chi connectivity index (χ4n) is 1.90. The van der Waals surface area contributed by atoms with Crippen LogP contribution in [0.2, 0.25) is 5.02 Å². The van der Waals surface area contributed by atoms with Gasteiger partial charge in [-0.05, 0) is 12.7 Å². The molecule has 0 aliphatic carbocycles. The molecule has 1 saturated heterocycles. The normalized spacial score (nSPS) is 19.5. The van der Waals surface area contributed by atoms with Gasteiger partial charge in [-0.1, -0.05) is 30.3 Å². The zero-order valence-electron chi connectivity index (χ0n) is 10.9. The molecule has 1 amide bonds. The van der Waals surface area contributed by atoms with Crippen molar-refractivity contribution in [1.82, 2.24) is 14.9 Å². The molecule has 7 heteroatoms. The van der Waals surface area contributed by atoms with E-state index in [-0.39, 0.29) is 17.7 Å². The van der Waals surface area contributed by atoms with Crippen molar-refractivity contribution in [3.05, 3.63) is 16.9 Å². The van der Waals surface area contributed by atoms with E-state index in [1.807, 2.05) is 13.2 Å². The minimum Gasteiger partial charge on any atom is -0.375 e. The Morgan fingerprint density at radius 1 is 1.68 bits per heavy atom. The van der Waals surface area contributed by atoms with Crippen molar-refractivity contribution in [1.29, 1.82) is 0 Å². The number of aromatic nitrogens is 2. The van der Waals surface area contributed by atoms with Gasteiger partial charge in [-0.3, -0.25) is 4.79 Å². The minimum atomic E-state index is -0.149. The molecule has 0 saturated carbocycles. The van der Waals surface area contributed by atoms with Gasteiger partial charge >= 0.3 is 0 Å². The van der Waals surface area contributed by atoms with Gasteiger partial charge in [0.05, 0.1) is 23.9 Å². The summed E-state index contributed by atoms with van der Waals surface area (Å²) < 4.78 is 5.55. The van der Waals surface area contributed by atoms with Crippen molar-refractivity contribution in [2.75, 3.05) is 26.0 Å². The molecule has 5 nitrogen and oxygen atoms in total. The molecule has 0 radical (unpaired) electrons. The Morgan fingerprint density at radius 2 is 2.47 bits per heavy atom. The number of hydrogen-bond donors (Lipinski definition) is 0. The Labute approximate surface area is 121 Å². The molecule has 0 spiro atoms. The average Bonchev–Trinajstić information content (AvgIpc) is 2.47. The van der Waals surface area contributed by atoms with Crippen LogP contribution in [0.3, 0.4) is 0 Å². The van der Waals surface area contributed by atoms with E-state index in [9.17, 15) is 4.79 Å². The van der Waals surface area contributed by atoms with Gasteiger partial charge in [-0.15, -0.1) is 0 Å². The molecule has 2 rings (SSSR count). The summed E-state index contributed by atoms with van der Waals surface area (Å²) in [7, 11) is 0. The van der Waals surface area contributed by atoms with Crippen molar-refractivity contribution in [3.8, 4) is 0 Å². The summed E-state index contributed by atoms with van der Waals surface area (Å²) in [6, 6.07) is 0. The first-order valence-corrected chi connectivity index (χ1v) is 7.73. The Balaban J connectivity index is 2.18. The lowest BCUT2D eigenvalue weighted by Gasteiger charge is -2.32. The fourth-order valence-corrected chi connectivity index (χ4v) is 2.41. The number of thioether (sulfide) groups is 1. The number of amides is 1. The van der Waals surface area contributed by atoms with E-state index in [4.69, 9.17) is 16.3 Å². The van der Waals surface area contributed by atoms with Crippen LogP contribution in [0, 0.1) is 0 Å². The van der Waals surface area contributed by atoms with Gasteiger partial charge in [0.25, 0.3) is 5.91 Å². The van der Waals surface area contributed by atoms with Crippen molar-refractivity contribution < 1.29 is 9.53 Å². The monoisotopic (exact) mass is 301 g/mol. The quantitative estimate of drug-likeness (QED) is 0.632.